The topological polar surface area (TPSA) is 283 Å². The lowest BCUT2D eigenvalue weighted by Gasteiger charge is -2.17. The molecule has 0 saturated heterocycles. The van der Waals surface area contributed by atoms with Gasteiger partial charge in [-0.2, -0.15) is 16.8 Å². The van der Waals surface area contributed by atoms with Crippen molar-refractivity contribution in [3.05, 3.63) is 108 Å². The van der Waals surface area contributed by atoms with Gasteiger partial charge in [0.1, 0.15) is 21.3 Å². The van der Waals surface area contributed by atoms with Crippen molar-refractivity contribution in [2.24, 2.45) is 0 Å². The number of phenolic OH excluding ortho intramolecular Hbond substituents is 2. The van der Waals surface area contributed by atoms with Crippen LogP contribution in [0, 0.1) is 13.8 Å². The molecule has 8 N–H and O–H groups in total. The smallest absolute Gasteiger partial charge is 0.342 e. The van der Waals surface area contributed by atoms with Gasteiger partial charge >= 0.3 is 6.03 Å². The summed E-state index contributed by atoms with van der Waals surface area (Å²) in [6.45, 7) is 3.17. The minimum atomic E-state index is -4.78. The van der Waals surface area contributed by atoms with Crippen LogP contribution < -0.4 is 20.1 Å². The highest BCUT2D eigenvalue weighted by atomic mass is 32.2. The maximum absolute atomic E-state index is 13.3. The molecule has 6 aromatic rings. The molecule has 0 atom stereocenters. The van der Waals surface area contributed by atoms with Crippen molar-refractivity contribution >= 4 is 90.6 Å². The first kappa shape index (κ1) is 39.7. The average Bonchev–Trinajstić information content (AvgIpc) is 3.10. The highest BCUT2D eigenvalue weighted by Crippen LogP contribution is 2.39. The molecule has 0 radical (unpaired) electrons. The molecule has 0 fully saturated rings. The molecule has 6 aromatic carbocycles. The Morgan fingerprint density at radius 2 is 0.875 bits per heavy atom. The number of sulfonamides is 2. The summed E-state index contributed by atoms with van der Waals surface area (Å²) in [6.07, 6.45) is 0. The van der Waals surface area contributed by atoms with Gasteiger partial charge in [0.05, 0.1) is 9.79 Å². The molecule has 0 unspecified atom stereocenters. The van der Waals surface area contributed by atoms with Gasteiger partial charge in [-0.05, 0) is 85.6 Å². The summed E-state index contributed by atoms with van der Waals surface area (Å²) in [7, 11) is -19.1. The van der Waals surface area contributed by atoms with E-state index in [2.05, 4.69) is 10.6 Å². The number of aromatic hydroxyl groups is 2. The lowest BCUT2D eigenvalue weighted by atomic mass is 10.1. The molecule has 2 amide bonds. The summed E-state index contributed by atoms with van der Waals surface area (Å²) in [4.78, 5) is 10.8. The van der Waals surface area contributed by atoms with Crippen LogP contribution in [0.5, 0.6) is 11.5 Å². The Morgan fingerprint density at radius 3 is 1.23 bits per heavy atom. The van der Waals surface area contributed by atoms with E-state index in [1.165, 1.54) is 60.7 Å². The minimum Gasteiger partial charge on any atom is -0.507 e. The second-order valence-corrected chi connectivity index (χ2v) is 18.5. The van der Waals surface area contributed by atoms with E-state index >= 15 is 0 Å². The van der Waals surface area contributed by atoms with E-state index in [0.29, 0.717) is 11.1 Å². The third-order valence-corrected chi connectivity index (χ3v) is 13.0. The Kier molecular flexibility index (Phi) is 10.1. The molecule has 292 valence electrons. The molecule has 6 rings (SSSR count). The van der Waals surface area contributed by atoms with E-state index in [1.54, 1.807) is 23.3 Å². The summed E-state index contributed by atoms with van der Waals surface area (Å²) in [5.74, 6) is -0.597. The summed E-state index contributed by atoms with van der Waals surface area (Å²) in [5.41, 5.74) is 1.21. The Hall–Kier alpha value is -5.97. The van der Waals surface area contributed by atoms with Crippen molar-refractivity contribution in [3.8, 4) is 11.5 Å². The highest BCUT2D eigenvalue weighted by Gasteiger charge is 2.26. The van der Waals surface area contributed by atoms with Gasteiger partial charge in [-0.1, -0.05) is 36.4 Å². The minimum absolute atomic E-state index is 0.0581. The number of carbonyl (C=O) groups excluding carboxylic acids is 1. The number of phenols is 2. The number of hydrogen-bond acceptors (Lipinski definition) is 13. The number of hydrogen-bond donors (Lipinski definition) is 8. The van der Waals surface area contributed by atoms with Gasteiger partial charge in [-0.3, -0.25) is 9.11 Å². The Morgan fingerprint density at radius 1 is 0.500 bits per heavy atom. The number of carbonyl (C=O) groups is 1. The van der Waals surface area contributed by atoms with Gasteiger partial charge in [-0.15, -0.1) is 0 Å². The second-order valence-electron chi connectivity index (χ2n) is 12.3. The largest absolute Gasteiger partial charge is 0.507 e. The van der Waals surface area contributed by atoms with Gasteiger partial charge in [0.2, 0.25) is 0 Å². The molecule has 0 aliphatic carbocycles. The van der Waals surface area contributed by atoms with Crippen LogP contribution in [0.3, 0.4) is 0 Å². The van der Waals surface area contributed by atoms with Crippen molar-refractivity contribution in [3.63, 3.8) is 0 Å². The fourth-order valence-electron chi connectivity index (χ4n) is 5.83. The monoisotopic (exact) mass is 842 g/mol. The number of fused-ring (bicyclic) bond motifs is 2. The summed E-state index contributed by atoms with van der Waals surface area (Å²) in [5, 5.41) is 26.4. The molecule has 0 aliphatic rings. The van der Waals surface area contributed by atoms with Crippen molar-refractivity contribution in [2.45, 2.75) is 33.4 Å². The molecule has 0 heterocycles. The van der Waals surface area contributed by atoms with Gasteiger partial charge in [0, 0.05) is 44.3 Å². The standard InChI is InChI=1S/C35H30N4O13S4/c1-19-9-11-21(17-27(19)36-25-13-15-29(40)23-5-3-7-31(33(23)25)55(47,48)49)53(43,44)38-35(42)39-54(45,46)22-12-10-20(2)28(18-22)37-26-14-16-30(41)24-6-4-8-32(34(24)26)56(50,51)52/h3-18,36-37,40-41H,1-2H3,(H2,38,39,42)(H,47,48,49)(H,50,51,52). The van der Waals surface area contributed by atoms with Crippen LogP contribution in [0.25, 0.3) is 21.5 Å². The first-order valence-corrected chi connectivity index (χ1v) is 21.7. The summed E-state index contributed by atoms with van der Waals surface area (Å²) in [6, 6.07) is 18.3. The third kappa shape index (κ3) is 7.89. The number of urea groups is 1. The zero-order chi connectivity index (χ0) is 41.0. The van der Waals surface area contributed by atoms with Crippen molar-refractivity contribution in [2.75, 3.05) is 10.6 Å². The quantitative estimate of drug-likeness (QED) is 0.0635. The third-order valence-electron chi connectivity index (χ3n) is 8.55. The Bertz CT molecular complexity index is 2880. The van der Waals surface area contributed by atoms with Crippen LogP contribution in [0.2, 0.25) is 0 Å². The number of amides is 2. The summed E-state index contributed by atoms with van der Waals surface area (Å²) < 4.78 is 125. The average molecular weight is 843 g/mol. The molecule has 56 heavy (non-hydrogen) atoms. The van der Waals surface area contributed by atoms with Crippen LogP contribution in [-0.2, 0) is 40.3 Å². The second kappa shape index (κ2) is 14.3. The molecular weight excluding hydrogens is 813 g/mol. The van der Waals surface area contributed by atoms with Gasteiger partial charge in [-0.25, -0.2) is 31.1 Å². The van der Waals surface area contributed by atoms with Crippen LogP contribution in [-0.4, -0.2) is 59.0 Å². The maximum Gasteiger partial charge on any atom is 0.342 e. The molecule has 21 heteroatoms. The SMILES string of the molecule is Cc1ccc(S(=O)(=O)NC(=O)NS(=O)(=O)c2ccc(C)c(Nc3ccc(O)c4cccc(S(=O)(=O)O)c34)c2)cc1Nc1ccc(O)c2cccc(S(=O)(=O)O)c12. The fourth-order valence-corrected chi connectivity index (χ4v) is 9.22. The zero-order valence-corrected chi connectivity index (χ0v) is 32.1. The molecule has 0 aromatic heterocycles. The van der Waals surface area contributed by atoms with Crippen LogP contribution in [0.1, 0.15) is 11.1 Å². The van der Waals surface area contributed by atoms with Crippen LogP contribution >= 0.6 is 0 Å². The first-order valence-electron chi connectivity index (χ1n) is 15.9. The van der Waals surface area contributed by atoms with Gasteiger partial charge in [0.25, 0.3) is 40.3 Å². The molecule has 0 bridgehead atoms. The van der Waals surface area contributed by atoms with Crippen molar-refractivity contribution in [1.82, 2.24) is 9.44 Å². The van der Waals surface area contributed by atoms with Crippen LogP contribution in [0.15, 0.2) is 117 Å². The predicted octanol–water partition coefficient (Wildman–Crippen LogP) is 5.38. The number of aryl methyl sites for hydroxylation is 2. The highest BCUT2D eigenvalue weighted by molar-refractivity contribution is 7.91. The van der Waals surface area contributed by atoms with Gasteiger partial charge < -0.3 is 20.8 Å². The van der Waals surface area contributed by atoms with Crippen molar-refractivity contribution < 1.29 is 57.8 Å². The van der Waals surface area contributed by atoms with Gasteiger partial charge in [0.15, 0.2) is 0 Å². The summed E-state index contributed by atoms with van der Waals surface area (Å²) >= 11 is 0. The van der Waals surface area contributed by atoms with E-state index in [9.17, 15) is 57.8 Å². The lowest BCUT2D eigenvalue weighted by Crippen LogP contribution is -2.42. The van der Waals surface area contributed by atoms with E-state index in [4.69, 9.17) is 0 Å². The normalized spacial score (nSPS) is 12.4. The molecule has 17 nitrogen and oxygen atoms in total. The van der Waals surface area contributed by atoms with E-state index in [1.807, 2.05) is 0 Å². The fraction of sp³-hybridized carbons (Fsp3) is 0.0571. The predicted molar refractivity (Wildman–Crippen MR) is 206 cm³/mol. The number of anilines is 4. The van der Waals surface area contributed by atoms with E-state index in [-0.39, 0.29) is 55.8 Å². The molecule has 0 saturated carbocycles. The molecule has 0 spiro atoms. The number of rotatable bonds is 10. The Balaban J connectivity index is 1.25. The van der Waals surface area contributed by atoms with Crippen molar-refractivity contribution in [1.29, 1.82) is 0 Å². The Labute approximate surface area is 320 Å². The molecular formula is C35H30N4O13S4. The first-order chi connectivity index (χ1) is 26.1. The zero-order valence-electron chi connectivity index (χ0n) is 28.8. The number of benzene rings is 6. The molecule has 0 aliphatic heterocycles. The van der Waals surface area contributed by atoms with E-state index < -0.39 is 65.9 Å². The lowest BCUT2D eigenvalue weighted by molar-refractivity contribution is 0.250. The maximum atomic E-state index is 13.3. The van der Waals surface area contributed by atoms with Crippen LogP contribution in [0.4, 0.5) is 27.5 Å². The number of nitrogens with one attached hydrogen (secondary N) is 4. The van der Waals surface area contributed by atoms with E-state index in [0.717, 1.165) is 36.4 Å².